The molecule has 2 rings (SSSR count). The van der Waals surface area contributed by atoms with E-state index in [1.807, 2.05) is 44.2 Å². The van der Waals surface area contributed by atoms with E-state index >= 15 is 0 Å². The van der Waals surface area contributed by atoms with Crippen LogP contribution in [0.1, 0.15) is 31.4 Å². The van der Waals surface area contributed by atoms with Gasteiger partial charge in [0.2, 0.25) is 5.91 Å². The molecule has 0 radical (unpaired) electrons. The van der Waals surface area contributed by atoms with Crippen molar-refractivity contribution >= 4 is 5.91 Å². The average molecular weight is 371 g/mol. The Balaban J connectivity index is 2.06. The summed E-state index contributed by atoms with van der Waals surface area (Å²) in [4.78, 5) is 12.8. The van der Waals surface area contributed by atoms with Gasteiger partial charge in [-0.3, -0.25) is 4.79 Å². The molecule has 0 unspecified atom stereocenters. The van der Waals surface area contributed by atoms with Gasteiger partial charge in [-0.15, -0.1) is 0 Å². The molecule has 0 fully saturated rings. The Morgan fingerprint density at radius 3 is 2.26 bits per heavy atom. The highest BCUT2D eigenvalue weighted by atomic mass is 16.5. The highest BCUT2D eigenvalue weighted by molar-refractivity contribution is 5.82. The van der Waals surface area contributed by atoms with Gasteiger partial charge in [-0.1, -0.05) is 56.3 Å². The van der Waals surface area contributed by atoms with Crippen molar-refractivity contribution in [3.05, 3.63) is 65.7 Å². The number of hydrogen-bond acceptors (Lipinski definition) is 5. The molecular formula is C21H29N3O3. The Labute approximate surface area is 160 Å². The molecule has 1 amide bonds. The lowest BCUT2D eigenvalue weighted by molar-refractivity contribution is -0.125. The minimum absolute atomic E-state index is 0.189. The zero-order chi connectivity index (χ0) is 19.6. The topological polar surface area (TPSA) is 93.6 Å². The predicted octanol–water partition coefficient (Wildman–Crippen LogP) is 2.56. The van der Waals surface area contributed by atoms with Crippen molar-refractivity contribution in [2.45, 2.75) is 45.4 Å². The van der Waals surface area contributed by atoms with Crippen LogP contribution in [0, 0.1) is 5.92 Å². The molecule has 6 heteroatoms. The van der Waals surface area contributed by atoms with E-state index in [2.05, 4.69) is 16.1 Å². The third-order valence-corrected chi connectivity index (χ3v) is 4.27. The maximum absolute atomic E-state index is 12.8. The summed E-state index contributed by atoms with van der Waals surface area (Å²) in [6, 6.07) is 16.2. The van der Waals surface area contributed by atoms with Crippen molar-refractivity contribution in [2.24, 2.45) is 5.92 Å². The molecule has 5 N–H and O–H groups in total. The van der Waals surface area contributed by atoms with Gasteiger partial charge in [0.1, 0.15) is 11.9 Å². The number of carbonyl (C=O) groups excluding carboxylic acids is 1. The molecule has 0 bridgehead atoms. The first kappa shape index (κ1) is 20.9. The third kappa shape index (κ3) is 7.38. The van der Waals surface area contributed by atoms with Gasteiger partial charge < -0.3 is 20.9 Å². The molecule has 0 saturated heterocycles. The molecule has 0 spiro atoms. The van der Waals surface area contributed by atoms with Crippen LogP contribution in [0.25, 0.3) is 0 Å². The zero-order valence-electron chi connectivity index (χ0n) is 15.9. The van der Waals surface area contributed by atoms with E-state index in [9.17, 15) is 15.1 Å². The van der Waals surface area contributed by atoms with Crippen molar-refractivity contribution in [3.63, 3.8) is 0 Å². The number of carbonyl (C=O) groups is 1. The molecule has 2 aromatic carbocycles. The average Bonchev–Trinajstić information content (AvgIpc) is 2.66. The van der Waals surface area contributed by atoms with E-state index in [-0.39, 0.29) is 11.7 Å². The van der Waals surface area contributed by atoms with Gasteiger partial charge in [0.15, 0.2) is 0 Å². The van der Waals surface area contributed by atoms with E-state index in [0.29, 0.717) is 25.3 Å². The van der Waals surface area contributed by atoms with Gasteiger partial charge in [-0.05, 0) is 42.0 Å². The summed E-state index contributed by atoms with van der Waals surface area (Å²) in [5, 5.41) is 24.9. The summed E-state index contributed by atoms with van der Waals surface area (Å²) in [5.41, 5.74) is 4.19. The fourth-order valence-corrected chi connectivity index (χ4v) is 2.85. The second-order valence-corrected chi connectivity index (χ2v) is 7.11. The summed E-state index contributed by atoms with van der Waals surface area (Å²) >= 11 is 0. The summed E-state index contributed by atoms with van der Waals surface area (Å²) in [6.07, 6.45) is 0.587. The van der Waals surface area contributed by atoms with E-state index in [1.165, 1.54) is 0 Å². The normalized spacial score (nSPS) is 13.3. The summed E-state index contributed by atoms with van der Waals surface area (Å²) in [6.45, 7) is 4.61. The largest absolute Gasteiger partial charge is 0.508 e. The molecule has 0 aliphatic carbocycles. The van der Waals surface area contributed by atoms with Gasteiger partial charge in [-0.2, -0.15) is 5.48 Å². The number of phenols is 1. The highest BCUT2D eigenvalue weighted by Crippen LogP contribution is 2.12. The standard InChI is InChI=1S/C21H29N3O3/c1-15(2)12-20(24-27)23-21(26)19(13-16-8-10-18(25)11-9-16)22-14-17-6-4-3-5-7-17/h3-11,15,19-20,22,24-25,27H,12-14H2,1-2H3,(H,23,26)/t19-,20-/m0/s1. The number of hydrogen-bond donors (Lipinski definition) is 5. The van der Waals surface area contributed by atoms with Crippen LogP contribution in [0.15, 0.2) is 54.6 Å². The summed E-state index contributed by atoms with van der Waals surface area (Å²) < 4.78 is 0. The van der Waals surface area contributed by atoms with Crippen LogP contribution in [0.4, 0.5) is 0 Å². The quantitative estimate of drug-likeness (QED) is 0.327. The Morgan fingerprint density at radius 2 is 1.67 bits per heavy atom. The van der Waals surface area contributed by atoms with Gasteiger partial charge in [0.05, 0.1) is 6.04 Å². The lowest BCUT2D eigenvalue weighted by Crippen LogP contribution is -2.52. The smallest absolute Gasteiger partial charge is 0.238 e. The van der Waals surface area contributed by atoms with E-state index in [1.54, 1.807) is 24.3 Å². The molecular weight excluding hydrogens is 342 g/mol. The van der Waals surface area contributed by atoms with Crippen molar-refractivity contribution in [1.82, 2.24) is 16.1 Å². The van der Waals surface area contributed by atoms with Crippen LogP contribution in [0.5, 0.6) is 5.75 Å². The Bertz CT molecular complexity index is 690. The minimum Gasteiger partial charge on any atom is -0.508 e. The minimum atomic E-state index is -0.502. The number of hydroxylamine groups is 1. The lowest BCUT2D eigenvalue weighted by atomic mass is 10.0. The number of benzene rings is 2. The monoisotopic (exact) mass is 371 g/mol. The van der Waals surface area contributed by atoms with Crippen LogP contribution in [0.2, 0.25) is 0 Å². The number of phenolic OH excluding ortho intramolecular Hbond substituents is 1. The second-order valence-electron chi connectivity index (χ2n) is 7.11. The molecule has 0 heterocycles. The van der Waals surface area contributed by atoms with Gasteiger partial charge in [0.25, 0.3) is 0 Å². The molecule has 146 valence electrons. The molecule has 6 nitrogen and oxygen atoms in total. The highest BCUT2D eigenvalue weighted by Gasteiger charge is 2.22. The fraction of sp³-hybridized carbons (Fsp3) is 0.381. The first-order valence-electron chi connectivity index (χ1n) is 9.23. The van der Waals surface area contributed by atoms with Crippen LogP contribution < -0.4 is 16.1 Å². The molecule has 0 aliphatic heterocycles. The van der Waals surface area contributed by atoms with Gasteiger partial charge in [0, 0.05) is 6.54 Å². The van der Waals surface area contributed by atoms with Crippen molar-refractivity contribution in [1.29, 1.82) is 0 Å². The van der Waals surface area contributed by atoms with Crippen LogP contribution in [0.3, 0.4) is 0 Å². The van der Waals surface area contributed by atoms with E-state index in [0.717, 1.165) is 11.1 Å². The summed E-state index contributed by atoms with van der Waals surface area (Å²) in [5.74, 6) is 0.326. The Morgan fingerprint density at radius 1 is 1.00 bits per heavy atom. The van der Waals surface area contributed by atoms with Crippen molar-refractivity contribution in [3.8, 4) is 5.75 Å². The lowest BCUT2D eigenvalue weighted by Gasteiger charge is -2.24. The first-order chi connectivity index (χ1) is 13.0. The first-order valence-corrected chi connectivity index (χ1v) is 9.23. The second kappa shape index (κ2) is 10.7. The molecule has 27 heavy (non-hydrogen) atoms. The van der Waals surface area contributed by atoms with Crippen molar-refractivity contribution < 1.29 is 15.1 Å². The van der Waals surface area contributed by atoms with Crippen molar-refractivity contribution in [2.75, 3.05) is 0 Å². The third-order valence-electron chi connectivity index (χ3n) is 4.27. The molecule has 2 atom stereocenters. The van der Waals surface area contributed by atoms with Gasteiger partial charge in [-0.25, -0.2) is 0 Å². The maximum atomic E-state index is 12.8. The fourth-order valence-electron chi connectivity index (χ4n) is 2.85. The van der Waals surface area contributed by atoms with Crippen LogP contribution >= 0.6 is 0 Å². The molecule has 2 aromatic rings. The Kier molecular flexibility index (Phi) is 8.26. The van der Waals surface area contributed by atoms with Gasteiger partial charge >= 0.3 is 0 Å². The molecule has 0 aromatic heterocycles. The SMILES string of the molecule is CC(C)C[C@H](NO)NC(=O)[C@H](Cc1ccc(O)cc1)NCc1ccccc1. The molecule has 0 aliphatic rings. The van der Waals surface area contributed by atoms with E-state index < -0.39 is 12.2 Å². The summed E-state index contributed by atoms with van der Waals surface area (Å²) in [7, 11) is 0. The van der Waals surface area contributed by atoms with E-state index in [4.69, 9.17) is 0 Å². The number of amides is 1. The molecule has 0 saturated carbocycles. The maximum Gasteiger partial charge on any atom is 0.238 e. The number of aromatic hydroxyl groups is 1. The number of nitrogens with one attached hydrogen (secondary N) is 3. The predicted molar refractivity (Wildman–Crippen MR) is 105 cm³/mol. The van der Waals surface area contributed by atoms with Crippen LogP contribution in [-0.4, -0.2) is 28.4 Å². The van der Waals surface area contributed by atoms with Crippen LogP contribution in [-0.2, 0) is 17.8 Å². The Hall–Kier alpha value is -2.41. The zero-order valence-corrected chi connectivity index (χ0v) is 15.9. The number of rotatable bonds is 10.